The number of aromatic nitrogens is 2. The minimum Gasteiger partial charge on any atom is -0.497 e. The van der Waals surface area contributed by atoms with Crippen molar-refractivity contribution in [1.29, 1.82) is 0 Å². The summed E-state index contributed by atoms with van der Waals surface area (Å²) in [5, 5.41) is 10.1. The summed E-state index contributed by atoms with van der Waals surface area (Å²) in [7, 11) is 4.16. The highest BCUT2D eigenvalue weighted by atomic mass is 16.5. The first-order chi connectivity index (χ1) is 14.7. The Kier molecular flexibility index (Phi) is 9.10. The Hall–Kier alpha value is -3.11. The number of benzene rings is 1. The molecule has 1 saturated heterocycles. The van der Waals surface area contributed by atoms with E-state index in [1.165, 1.54) is 10.8 Å². The summed E-state index contributed by atoms with van der Waals surface area (Å²) in [4.78, 5) is 30.4. The molecule has 1 aromatic heterocycles. The summed E-state index contributed by atoms with van der Waals surface area (Å²) in [5.41, 5.74) is 0.884. The summed E-state index contributed by atoms with van der Waals surface area (Å²) in [6.07, 6.45) is 2.20. The molecule has 10 nitrogen and oxygen atoms in total. The average molecular weight is 420 g/mol. The number of aldehydes is 1. The Morgan fingerprint density at radius 2 is 1.97 bits per heavy atom. The van der Waals surface area contributed by atoms with Gasteiger partial charge in [-0.15, -0.1) is 0 Å². The lowest BCUT2D eigenvalue weighted by atomic mass is 10.2. The maximum atomic E-state index is 12.9. The third-order valence-electron chi connectivity index (χ3n) is 4.54. The van der Waals surface area contributed by atoms with Crippen LogP contribution in [0.1, 0.15) is 5.56 Å². The van der Waals surface area contributed by atoms with Gasteiger partial charge in [-0.25, -0.2) is 4.98 Å². The van der Waals surface area contributed by atoms with Crippen molar-refractivity contribution in [3.8, 4) is 11.5 Å². The van der Waals surface area contributed by atoms with E-state index in [4.69, 9.17) is 19.3 Å². The molecule has 0 atom stereocenters. The van der Waals surface area contributed by atoms with Gasteiger partial charge in [0.2, 0.25) is 5.95 Å². The quantitative estimate of drug-likeness (QED) is 0.590. The maximum absolute atomic E-state index is 12.9. The number of ether oxygens (including phenoxy) is 3. The van der Waals surface area contributed by atoms with Crippen molar-refractivity contribution in [2.24, 2.45) is 0 Å². The Morgan fingerprint density at radius 3 is 2.60 bits per heavy atom. The van der Waals surface area contributed by atoms with Gasteiger partial charge in [-0.3, -0.25) is 9.36 Å². The molecule has 1 aliphatic rings. The normalized spacial score (nSPS) is 13.1. The van der Waals surface area contributed by atoms with Gasteiger partial charge in [0.05, 0.1) is 40.2 Å². The van der Waals surface area contributed by atoms with Crippen LogP contribution in [-0.2, 0) is 22.6 Å². The van der Waals surface area contributed by atoms with Crippen molar-refractivity contribution in [2.45, 2.75) is 13.1 Å². The van der Waals surface area contributed by atoms with E-state index in [2.05, 4.69) is 10.3 Å². The minimum atomic E-state index is -0.295. The van der Waals surface area contributed by atoms with Gasteiger partial charge in [0, 0.05) is 38.4 Å². The standard InChI is InChI=1S/C19H24N4O5.CH4O/c1-26-15-4-3-14(17(11-15)27-2)12-20-16-13-21-19(22-6-9-28-10-7-22)23(5-8-24)18(16)25;1-2/h3-4,8,11,13,20H,5-7,9-10,12H2,1-2H3;2H,1H3. The monoisotopic (exact) mass is 420 g/mol. The highest BCUT2D eigenvalue weighted by Gasteiger charge is 2.19. The number of carbonyl (C=O) groups is 1. The number of aliphatic hydroxyl groups excluding tert-OH is 1. The van der Waals surface area contributed by atoms with Crippen LogP contribution in [0.5, 0.6) is 11.5 Å². The largest absolute Gasteiger partial charge is 0.497 e. The molecular formula is C20H28N4O6. The van der Waals surface area contributed by atoms with E-state index in [-0.39, 0.29) is 12.1 Å². The lowest BCUT2D eigenvalue weighted by Gasteiger charge is -2.29. The third-order valence-corrected chi connectivity index (χ3v) is 4.54. The molecule has 0 radical (unpaired) electrons. The molecule has 0 unspecified atom stereocenters. The van der Waals surface area contributed by atoms with Crippen LogP contribution in [0.2, 0.25) is 0 Å². The molecule has 164 valence electrons. The van der Waals surface area contributed by atoms with Crippen LogP contribution < -0.4 is 25.2 Å². The molecule has 0 amide bonds. The SMILES string of the molecule is CO.COc1ccc(CNc2cnc(N3CCOCC3)n(CC=O)c2=O)c(OC)c1. The zero-order chi connectivity index (χ0) is 21.9. The minimum absolute atomic E-state index is 0.0557. The topological polar surface area (TPSA) is 115 Å². The van der Waals surface area contributed by atoms with Gasteiger partial charge in [0.25, 0.3) is 5.56 Å². The summed E-state index contributed by atoms with van der Waals surface area (Å²) < 4.78 is 17.3. The van der Waals surface area contributed by atoms with E-state index < -0.39 is 0 Å². The first-order valence-corrected chi connectivity index (χ1v) is 9.43. The zero-order valence-electron chi connectivity index (χ0n) is 17.5. The Morgan fingerprint density at radius 1 is 1.23 bits per heavy atom. The molecule has 1 fully saturated rings. The number of carbonyl (C=O) groups excluding carboxylic acids is 1. The smallest absolute Gasteiger partial charge is 0.278 e. The average Bonchev–Trinajstić information content (AvgIpc) is 2.81. The summed E-state index contributed by atoms with van der Waals surface area (Å²) in [6, 6.07) is 5.47. The van der Waals surface area contributed by atoms with E-state index in [1.807, 2.05) is 17.0 Å². The second-order valence-electron chi connectivity index (χ2n) is 6.19. The number of hydrogen-bond donors (Lipinski definition) is 2. The van der Waals surface area contributed by atoms with Crippen molar-refractivity contribution < 1.29 is 24.1 Å². The van der Waals surface area contributed by atoms with Crippen LogP contribution in [0, 0.1) is 0 Å². The van der Waals surface area contributed by atoms with Gasteiger partial charge in [0.1, 0.15) is 23.5 Å². The molecule has 0 bridgehead atoms. The lowest BCUT2D eigenvalue weighted by molar-refractivity contribution is -0.108. The number of nitrogens with zero attached hydrogens (tertiary/aromatic N) is 3. The second kappa shape index (κ2) is 11.8. The van der Waals surface area contributed by atoms with Crippen LogP contribution >= 0.6 is 0 Å². The molecule has 1 aromatic carbocycles. The van der Waals surface area contributed by atoms with E-state index >= 15 is 0 Å². The number of nitrogens with one attached hydrogen (secondary N) is 1. The van der Waals surface area contributed by atoms with E-state index in [0.29, 0.717) is 62.3 Å². The Labute approximate surface area is 175 Å². The number of anilines is 2. The maximum Gasteiger partial charge on any atom is 0.278 e. The van der Waals surface area contributed by atoms with Gasteiger partial charge in [-0.1, -0.05) is 0 Å². The van der Waals surface area contributed by atoms with Gasteiger partial charge >= 0.3 is 0 Å². The first-order valence-electron chi connectivity index (χ1n) is 9.43. The van der Waals surface area contributed by atoms with E-state index in [0.717, 1.165) is 12.7 Å². The molecule has 30 heavy (non-hydrogen) atoms. The molecule has 2 N–H and O–H groups in total. The summed E-state index contributed by atoms with van der Waals surface area (Å²) >= 11 is 0. The number of rotatable bonds is 8. The van der Waals surface area contributed by atoms with Gasteiger partial charge < -0.3 is 34.3 Å². The van der Waals surface area contributed by atoms with Gasteiger partial charge in [-0.2, -0.15) is 0 Å². The predicted molar refractivity (Wildman–Crippen MR) is 113 cm³/mol. The highest BCUT2D eigenvalue weighted by Crippen LogP contribution is 2.25. The predicted octanol–water partition coefficient (Wildman–Crippen LogP) is 0.517. The second-order valence-corrected chi connectivity index (χ2v) is 6.19. The van der Waals surface area contributed by atoms with Crippen molar-refractivity contribution in [2.75, 3.05) is 57.8 Å². The number of hydrogen-bond acceptors (Lipinski definition) is 9. The third kappa shape index (κ3) is 5.49. The molecule has 2 heterocycles. The Balaban J connectivity index is 0.00000155. The Bertz CT molecular complexity index is 880. The van der Waals surface area contributed by atoms with Crippen LogP contribution in [0.4, 0.5) is 11.6 Å². The van der Waals surface area contributed by atoms with Crippen LogP contribution in [0.25, 0.3) is 0 Å². The fourth-order valence-electron chi connectivity index (χ4n) is 3.05. The molecule has 0 saturated carbocycles. The van der Waals surface area contributed by atoms with Crippen LogP contribution in [0.15, 0.2) is 29.2 Å². The number of methoxy groups -OCH3 is 2. The fourth-order valence-corrected chi connectivity index (χ4v) is 3.05. The van der Waals surface area contributed by atoms with Crippen molar-refractivity contribution >= 4 is 17.9 Å². The lowest BCUT2D eigenvalue weighted by Crippen LogP contribution is -2.41. The van der Waals surface area contributed by atoms with Gasteiger partial charge in [0.15, 0.2) is 0 Å². The zero-order valence-corrected chi connectivity index (χ0v) is 17.5. The van der Waals surface area contributed by atoms with E-state index in [9.17, 15) is 9.59 Å². The van der Waals surface area contributed by atoms with E-state index in [1.54, 1.807) is 20.3 Å². The van der Waals surface area contributed by atoms with Crippen molar-refractivity contribution in [3.05, 3.63) is 40.3 Å². The van der Waals surface area contributed by atoms with Gasteiger partial charge in [-0.05, 0) is 12.1 Å². The van der Waals surface area contributed by atoms with Crippen LogP contribution in [-0.4, -0.2) is 68.6 Å². The summed E-state index contributed by atoms with van der Waals surface area (Å²) in [6.45, 7) is 2.69. The fraction of sp³-hybridized carbons (Fsp3) is 0.450. The molecule has 3 rings (SSSR count). The molecular weight excluding hydrogens is 392 g/mol. The molecule has 10 heteroatoms. The molecule has 0 spiro atoms. The van der Waals surface area contributed by atoms with Crippen LogP contribution in [0.3, 0.4) is 0 Å². The number of aliphatic hydroxyl groups is 1. The molecule has 0 aliphatic carbocycles. The molecule has 2 aromatic rings. The highest BCUT2D eigenvalue weighted by molar-refractivity contribution is 5.53. The molecule has 1 aliphatic heterocycles. The number of morpholine rings is 1. The summed E-state index contributed by atoms with van der Waals surface area (Å²) in [5.74, 6) is 1.82. The van der Waals surface area contributed by atoms with Crippen molar-refractivity contribution in [1.82, 2.24) is 9.55 Å². The first kappa shape index (κ1) is 23.2. The van der Waals surface area contributed by atoms with Crippen molar-refractivity contribution in [3.63, 3.8) is 0 Å².